The number of aryl methyl sites for hydroxylation is 1. The van der Waals surface area contributed by atoms with E-state index >= 15 is 0 Å². The lowest BCUT2D eigenvalue weighted by Crippen LogP contribution is -2.16. The molecule has 0 radical (unpaired) electrons. The largest absolute Gasteiger partial charge is 0.486 e. The molecule has 116 valence electrons. The van der Waals surface area contributed by atoms with E-state index in [2.05, 4.69) is 20.7 Å². The average Bonchev–Trinajstić information content (AvgIpc) is 2.49. The lowest BCUT2D eigenvalue weighted by molar-refractivity contribution is 0.171. The third-order valence-corrected chi connectivity index (χ3v) is 5.50. The molecule has 0 aliphatic carbocycles. The Labute approximate surface area is 137 Å². The highest BCUT2D eigenvalue weighted by molar-refractivity contribution is 9.10. The highest BCUT2D eigenvalue weighted by atomic mass is 79.9. The standard InChI is InChI=1S/C15H14BrNO4S/c1-10-8-12(3-4-13(10)16)22(18,19)17-11-2-5-14-15(9-11)21-7-6-20-14/h2-5,8-9,17H,6-7H2,1H3. The Morgan fingerprint density at radius 2 is 1.77 bits per heavy atom. The van der Waals surface area contributed by atoms with Crippen LogP contribution in [-0.4, -0.2) is 21.6 Å². The van der Waals surface area contributed by atoms with Gasteiger partial charge in [0.05, 0.1) is 10.6 Å². The molecule has 0 fully saturated rings. The van der Waals surface area contributed by atoms with Gasteiger partial charge in [0, 0.05) is 10.5 Å². The van der Waals surface area contributed by atoms with E-state index in [4.69, 9.17) is 9.47 Å². The van der Waals surface area contributed by atoms with E-state index < -0.39 is 10.0 Å². The quantitative estimate of drug-likeness (QED) is 0.882. The molecule has 2 aromatic carbocycles. The second-order valence-corrected chi connectivity index (χ2v) is 7.41. The molecule has 5 nitrogen and oxygen atoms in total. The predicted octanol–water partition coefficient (Wildman–Crippen LogP) is 3.33. The molecule has 1 aliphatic rings. The first-order valence-corrected chi connectivity index (χ1v) is 8.92. The van der Waals surface area contributed by atoms with Crippen LogP contribution in [-0.2, 0) is 10.0 Å². The first-order chi connectivity index (χ1) is 10.5. The lowest BCUT2D eigenvalue weighted by atomic mass is 10.2. The molecule has 0 atom stereocenters. The van der Waals surface area contributed by atoms with E-state index in [1.807, 2.05) is 6.92 Å². The summed E-state index contributed by atoms with van der Waals surface area (Å²) in [5, 5.41) is 0. The minimum absolute atomic E-state index is 0.211. The molecule has 0 saturated heterocycles. The van der Waals surface area contributed by atoms with Gasteiger partial charge in [0.25, 0.3) is 10.0 Å². The number of hydrogen-bond donors (Lipinski definition) is 1. The number of benzene rings is 2. The Bertz CT molecular complexity index is 820. The minimum atomic E-state index is -3.65. The van der Waals surface area contributed by atoms with Crippen molar-refractivity contribution in [3.63, 3.8) is 0 Å². The fraction of sp³-hybridized carbons (Fsp3) is 0.200. The molecule has 0 bridgehead atoms. The Balaban J connectivity index is 1.89. The number of sulfonamides is 1. The van der Waals surface area contributed by atoms with Gasteiger partial charge in [0.1, 0.15) is 13.2 Å². The Hall–Kier alpha value is -1.73. The van der Waals surface area contributed by atoms with E-state index in [0.717, 1.165) is 10.0 Å². The van der Waals surface area contributed by atoms with Crippen molar-refractivity contribution in [3.8, 4) is 11.5 Å². The van der Waals surface area contributed by atoms with E-state index in [0.29, 0.717) is 30.4 Å². The maximum atomic E-state index is 12.4. The van der Waals surface area contributed by atoms with Crippen molar-refractivity contribution in [2.45, 2.75) is 11.8 Å². The second-order valence-electron chi connectivity index (χ2n) is 4.87. The summed E-state index contributed by atoms with van der Waals surface area (Å²) in [6.45, 7) is 2.79. The van der Waals surface area contributed by atoms with Crippen LogP contribution in [0.15, 0.2) is 45.8 Å². The van der Waals surface area contributed by atoms with Gasteiger partial charge in [-0.1, -0.05) is 15.9 Å². The molecule has 2 aromatic rings. The lowest BCUT2D eigenvalue weighted by Gasteiger charge is -2.19. The van der Waals surface area contributed by atoms with Gasteiger partial charge in [-0.3, -0.25) is 4.72 Å². The maximum absolute atomic E-state index is 12.4. The van der Waals surface area contributed by atoms with Crippen LogP contribution < -0.4 is 14.2 Å². The first-order valence-electron chi connectivity index (χ1n) is 6.64. The summed E-state index contributed by atoms with van der Waals surface area (Å²) >= 11 is 3.36. The zero-order valence-electron chi connectivity index (χ0n) is 11.8. The molecule has 1 N–H and O–H groups in total. The van der Waals surface area contributed by atoms with Crippen molar-refractivity contribution < 1.29 is 17.9 Å². The van der Waals surface area contributed by atoms with Gasteiger partial charge in [-0.25, -0.2) is 8.42 Å². The molecule has 1 heterocycles. The Kier molecular flexibility index (Phi) is 4.01. The number of halogens is 1. The topological polar surface area (TPSA) is 64.6 Å². The Morgan fingerprint density at radius 1 is 1.05 bits per heavy atom. The van der Waals surface area contributed by atoms with Gasteiger partial charge in [0.15, 0.2) is 11.5 Å². The smallest absolute Gasteiger partial charge is 0.261 e. The zero-order chi connectivity index (χ0) is 15.7. The van der Waals surface area contributed by atoms with Crippen molar-refractivity contribution in [2.75, 3.05) is 17.9 Å². The predicted molar refractivity (Wildman–Crippen MR) is 87.1 cm³/mol. The number of ether oxygens (including phenoxy) is 2. The molecule has 1 aliphatic heterocycles. The summed E-state index contributed by atoms with van der Waals surface area (Å²) in [5.74, 6) is 1.16. The number of rotatable bonds is 3. The van der Waals surface area contributed by atoms with Crippen molar-refractivity contribution in [1.82, 2.24) is 0 Å². The van der Waals surface area contributed by atoms with Crippen molar-refractivity contribution in [2.24, 2.45) is 0 Å². The van der Waals surface area contributed by atoms with Gasteiger partial charge in [0.2, 0.25) is 0 Å². The molecule has 0 saturated carbocycles. The van der Waals surface area contributed by atoms with Crippen molar-refractivity contribution in [1.29, 1.82) is 0 Å². The normalized spacial score (nSPS) is 13.7. The second kappa shape index (κ2) is 5.81. The van der Waals surface area contributed by atoms with E-state index in [1.54, 1.807) is 36.4 Å². The van der Waals surface area contributed by atoms with Crippen LogP contribution in [0.5, 0.6) is 11.5 Å². The summed E-state index contributed by atoms with van der Waals surface area (Å²) in [5.41, 5.74) is 1.29. The van der Waals surface area contributed by atoms with Crippen LogP contribution in [0.25, 0.3) is 0 Å². The van der Waals surface area contributed by atoms with Gasteiger partial charge in [-0.05, 0) is 42.8 Å². The zero-order valence-corrected chi connectivity index (χ0v) is 14.2. The van der Waals surface area contributed by atoms with Gasteiger partial charge < -0.3 is 9.47 Å². The SMILES string of the molecule is Cc1cc(S(=O)(=O)Nc2ccc3c(c2)OCCO3)ccc1Br. The van der Waals surface area contributed by atoms with Crippen LogP contribution in [0.1, 0.15) is 5.56 Å². The summed E-state index contributed by atoms with van der Waals surface area (Å²) in [6, 6.07) is 9.85. The molecule has 3 rings (SSSR count). The summed E-state index contributed by atoms with van der Waals surface area (Å²) in [6.07, 6.45) is 0. The van der Waals surface area contributed by atoms with E-state index in [1.165, 1.54) is 0 Å². The number of nitrogens with one attached hydrogen (secondary N) is 1. The van der Waals surface area contributed by atoms with Crippen LogP contribution in [0, 0.1) is 6.92 Å². The fourth-order valence-electron chi connectivity index (χ4n) is 2.11. The maximum Gasteiger partial charge on any atom is 0.261 e. The summed E-state index contributed by atoms with van der Waals surface area (Å²) in [7, 11) is -3.65. The van der Waals surface area contributed by atoms with Crippen molar-refractivity contribution >= 4 is 31.6 Å². The third-order valence-electron chi connectivity index (χ3n) is 3.23. The molecule has 0 spiro atoms. The third kappa shape index (κ3) is 3.05. The summed E-state index contributed by atoms with van der Waals surface area (Å²) < 4.78 is 39.2. The highest BCUT2D eigenvalue weighted by Gasteiger charge is 2.17. The molecular formula is C15H14BrNO4S. The fourth-order valence-corrected chi connectivity index (χ4v) is 3.49. The van der Waals surface area contributed by atoms with Crippen LogP contribution >= 0.6 is 15.9 Å². The average molecular weight is 384 g/mol. The first kappa shape index (κ1) is 15.2. The molecule has 7 heteroatoms. The monoisotopic (exact) mass is 383 g/mol. The number of fused-ring (bicyclic) bond motifs is 1. The molecule has 0 aromatic heterocycles. The molecule has 0 amide bonds. The minimum Gasteiger partial charge on any atom is -0.486 e. The Morgan fingerprint density at radius 3 is 2.50 bits per heavy atom. The van der Waals surface area contributed by atoms with Gasteiger partial charge in [-0.15, -0.1) is 0 Å². The molecule has 22 heavy (non-hydrogen) atoms. The van der Waals surface area contributed by atoms with Crippen LogP contribution in [0.2, 0.25) is 0 Å². The van der Waals surface area contributed by atoms with Crippen LogP contribution in [0.4, 0.5) is 5.69 Å². The number of hydrogen-bond acceptors (Lipinski definition) is 4. The summed E-state index contributed by atoms with van der Waals surface area (Å²) in [4.78, 5) is 0.211. The highest BCUT2D eigenvalue weighted by Crippen LogP contribution is 2.33. The van der Waals surface area contributed by atoms with E-state index in [9.17, 15) is 8.42 Å². The van der Waals surface area contributed by atoms with Crippen molar-refractivity contribution in [3.05, 3.63) is 46.4 Å². The number of anilines is 1. The molecule has 0 unspecified atom stereocenters. The van der Waals surface area contributed by atoms with Gasteiger partial charge >= 0.3 is 0 Å². The van der Waals surface area contributed by atoms with Gasteiger partial charge in [-0.2, -0.15) is 0 Å². The molecular weight excluding hydrogens is 370 g/mol. The van der Waals surface area contributed by atoms with Crippen LogP contribution in [0.3, 0.4) is 0 Å². The van der Waals surface area contributed by atoms with E-state index in [-0.39, 0.29) is 4.90 Å².